The molecule has 0 bridgehead atoms. The number of hydrogen-bond acceptors (Lipinski definition) is 4. The van der Waals surface area contributed by atoms with Gasteiger partial charge in [0.05, 0.1) is 0 Å². The van der Waals surface area contributed by atoms with E-state index in [9.17, 15) is 0 Å². The fraction of sp³-hybridized carbons (Fsp3) is 0.950. The predicted molar refractivity (Wildman–Crippen MR) is 108 cm³/mol. The van der Waals surface area contributed by atoms with Crippen LogP contribution in [0.25, 0.3) is 0 Å². The van der Waals surface area contributed by atoms with Crippen molar-refractivity contribution in [3.8, 4) is 0 Å². The average molecular weight is 366 g/mol. The molecule has 6 nitrogen and oxygen atoms in total. The van der Waals surface area contributed by atoms with Crippen molar-refractivity contribution < 1.29 is 4.74 Å². The van der Waals surface area contributed by atoms with Crippen molar-refractivity contribution in [2.45, 2.75) is 57.5 Å². The Bertz CT molecular complexity index is 453. The number of ether oxygens (including phenoxy) is 1. The third kappa shape index (κ3) is 4.34. The lowest BCUT2D eigenvalue weighted by molar-refractivity contribution is -0.0166. The first kappa shape index (κ1) is 19.9. The van der Waals surface area contributed by atoms with E-state index in [1.54, 1.807) is 0 Å². The van der Waals surface area contributed by atoms with Crippen LogP contribution in [0.5, 0.6) is 0 Å². The maximum atomic E-state index is 5.68. The third-order valence-corrected chi connectivity index (χ3v) is 6.78. The fourth-order valence-corrected chi connectivity index (χ4v) is 5.10. The van der Waals surface area contributed by atoms with Crippen LogP contribution in [0.3, 0.4) is 0 Å². The zero-order chi connectivity index (χ0) is 18.4. The maximum absolute atomic E-state index is 5.68. The number of nitrogens with one attached hydrogen (secondary N) is 1. The van der Waals surface area contributed by atoms with E-state index in [2.05, 4.69) is 38.9 Å². The highest BCUT2D eigenvalue weighted by atomic mass is 16.5. The van der Waals surface area contributed by atoms with Crippen LogP contribution < -0.4 is 5.32 Å². The van der Waals surface area contributed by atoms with Crippen LogP contribution in [0.4, 0.5) is 0 Å². The quantitative estimate of drug-likeness (QED) is 0.572. The highest BCUT2D eigenvalue weighted by molar-refractivity contribution is 5.80. The van der Waals surface area contributed by atoms with Crippen molar-refractivity contribution in [3.63, 3.8) is 0 Å². The first-order valence-electron chi connectivity index (χ1n) is 10.7. The largest absolute Gasteiger partial charge is 0.381 e. The summed E-state index contributed by atoms with van der Waals surface area (Å²) < 4.78 is 5.68. The molecule has 0 radical (unpaired) electrons. The minimum Gasteiger partial charge on any atom is -0.381 e. The Hall–Kier alpha value is -0.850. The van der Waals surface area contributed by atoms with Crippen LogP contribution in [0, 0.1) is 0 Å². The summed E-state index contributed by atoms with van der Waals surface area (Å²) in [6.45, 7) is 14.3. The van der Waals surface area contributed by atoms with Gasteiger partial charge in [-0.2, -0.15) is 0 Å². The number of hydrogen-bond donors (Lipinski definition) is 1. The van der Waals surface area contributed by atoms with E-state index in [4.69, 9.17) is 4.74 Å². The lowest BCUT2D eigenvalue weighted by atomic mass is 9.88. The van der Waals surface area contributed by atoms with Gasteiger partial charge in [0.1, 0.15) is 0 Å². The standard InChI is InChI=1S/C20H39N5O/c1-4-23(5-2)18-8-13-24(16-18)19(21-3)22-17-20(9-14-26-15-10-20)25-11-6-7-12-25/h18H,4-17H2,1-3H3,(H,21,22). The van der Waals surface area contributed by atoms with E-state index >= 15 is 0 Å². The molecule has 150 valence electrons. The van der Waals surface area contributed by atoms with Gasteiger partial charge in [-0.15, -0.1) is 0 Å². The van der Waals surface area contributed by atoms with Crippen molar-refractivity contribution in [3.05, 3.63) is 0 Å². The van der Waals surface area contributed by atoms with Crippen molar-refractivity contribution in [2.75, 3.05) is 66.1 Å². The van der Waals surface area contributed by atoms with Crippen molar-refractivity contribution in [1.82, 2.24) is 20.0 Å². The minimum atomic E-state index is 0.253. The molecule has 0 spiro atoms. The van der Waals surface area contributed by atoms with Crippen LogP contribution in [0.2, 0.25) is 0 Å². The molecular formula is C20H39N5O. The summed E-state index contributed by atoms with van der Waals surface area (Å²) in [5, 5.41) is 3.75. The monoisotopic (exact) mass is 365 g/mol. The molecule has 1 N–H and O–H groups in total. The van der Waals surface area contributed by atoms with Gasteiger partial charge in [0, 0.05) is 51.5 Å². The number of likely N-dealkylation sites (tertiary alicyclic amines) is 2. The van der Waals surface area contributed by atoms with E-state index in [0.717, 1.165) is 64.7 Å². The molecule has 6 heteroatoms. The van der Waals surface area contributed by atoms with Gasteiger partial charge in [-0.3, -0.25) is 14.8 Å². The van der Waals surface area contributed by atoms with Crippen LogP contribution in [-0.4, -0.2) is 98.3 Å². The Balaban J connectivity index is 1.59. The van der Waals surface area contributed by atoms with Gasteiger partial charge >= 0.3 is 0 Å². The summed E-state index contributed by atoms with van der Waals surface area (Å²) in [7, 11) is 1.93. The molecule has 3 aliphatic heterocycles. The van der Waals surface area contributed by atoms with E-state index in [-0.39, 0.29) is 5.54 Å². The minimum absolute atomic E-state index is 0.253. The molecule has 3 aliphatic rings. The van der Waals surface area contributed by atoms with Gasteiger partial charge in [0.2, 0.25) is 0 Å². The van der Waals surface area contributed by atoms with Crippen molar-refractivity contribution >= 4 is 5.96 Å². The number of guanidine groups is 1. The number of likely N-dealkylation sites (N-methyl/N-ethyl adjacent to an activating group) is 1. The Morgan fingerprint density at radius 2 is 1.85 bits per heavy atom. The normalized spacial score (nSPS) is 27.5. The second-order valence-corrected chi connectivity index (χ2v) is 8.04. The van der Waals surface area contributed by atoms with Crippen molar-refractivity contribution in [2.24, 2.45) is 4.99 Å². The molecular weight excluding hydrogens is 326 g/mol. The highest BCUT2D eigenvalue weighted by Crippen LogP contribution is 2.31. The number of aliphatic imine (C=N–C) groups is 1. The molecule has 0 aromatic rings. The van der Waals surface area contributed by atoms with Gasteiger partial charge < -0.3 is 15.0 Å². The Labute approximate surface area is 159 Å². The average Bonchev–Trinajstić information content (AvgIpc) is 3.37. The molecule has 0 aromatic heterocycles. The Kier molecular flexibility index (Phi) is 7.18. The molecule has 0 saturated carbocycles. The molecule has 3 saturated heterocycles. The topological polar surface area (TPSA) is 43.3 Å². The SMILES string of the molecule is CCN(CC)C1CCN(C(=NC)NCC2(N3CCCC3)CCOCC2)C1. The van der Waals surface area contributed by atoms with Crippen LogP contribution >= 0.6 is 0 Å². The van der Waals surface area contributed by atoms with Crippen LogP contribution in [-0.2, 0) is 4.74 Å². The van der Waals surface area contributed by atoms with Crippen LogP contribution in [0.15, 0.2) is 4.99 Å². The molecule has 1 unspecified atom stereocenters. The molecule has 0 aliphatic carbocycles. The first-order valence-corrected chi connectivity index (χ1v) is 10.7. The lowest BCUT2D eigenvalue weighted by Gasteiger charge is -2.45. The predicted octanol–water partition coefficient (Wildman–Crippen LogP) is 1.62. The summed E-state index contributed by atoms with van der Waals surface area (Å²) in [6, 6.07) is 0.666. The van der Waals surface area contributed by atoms with E-state index in [0.29, 0.717) is 6.04 Å². The molecule has 26 heavy (non-hydrogen) atoms. The molecule has 0 aromatic carbocycles. The summed E-state index contributed by atoms with van der Waals surface area (Å²) in [5.74, 6) is 1.09. The molecule has 3 rings (SSSR count). The maximum Gasteiger partial charge on any atom is 0.193 e. The Morgan fingerprint density at radius 3 is 2.46 bits per heavy atom. The summed E-state index contributed by atoms with van der Waals surface area (Å²) in [6.07, 6.45) is 6.20. The van der Waals surface area contributed by atoms with Gasteiger partial charge in [-0.05, 0) is 58.3 Å². The van der Waals surface area contributed by atoms with Gasteiger partial charge in [0.15, 0.2) is 5.96 Å². The Morgan fingerprint density at radius 1 is 1.15 bits per heavy atom. The lowest BCUT2D eigenvalue weighted by Crippen LogP contribution is -2.59. The van der Waals surface area contributed by atoms with Gasteiger partial charge in [0.25, 0.3) is 0 Å². The second-order valence-electron chi connectivity index (χ2n) is 8.04. The van der Waals surface area contributed by atoms with Crippen molar-refractivity contribution in [1.29, 1.82) is 0 Å². The number of rotatable bonds is 6. The summed E-state index contributed by atoms with van der Waals surface area (Å²) in [5.41, 5.74) is 0.253. The van der Waals surface area contributed by atoms with Gasteiger partial charge in [-0.1, -0.05) is 13.8 Å². The third-order valence-electron chi connectivity index (χ3n) is 6.78. The van der Waals surface area contributed by atoms with Crippen LogP contribution in [0.1, 0.15) is 46.0 Å². The summed E-state index contributed by atoms with van der Waals surface area (Å²) in [4.78, 5) is 12.4. The zero-order valence-electron chi connectivity index (χ0n) is 17.2. The first-order chi connectivity index (χ1) is 12.7. The smallest absolute Gasteiger partial charge is 0.193 e. The molecule has 3 heterocycles. The second kappa shape index (κ2) is 9.38. The van der Waals surface area contributed by atoms with E-state index in [1.807, 2.05) is 7.05 Å². The molecule has 0 amide bonds. The zero-order valence-corrected chi connectivity index (χ0v) is 17.2. The molecule has 1 atom stereocenters. The molecule has 3 fully saturated rings. The fourth-order valence-electron chi connectivity index (χ4n) is 5.10. The summed E-state index contributed by atoms with van der Waals surface area (Å²) >= 11 is 0. The number of nitrogens with zero attached hydrogens (tertiary/aromatic N) is 4. The highest BCUT2D eigenvalue weighted by Gasteiger charge is 2.40. The van der Waals surface area contributed by atoms with Gasteiger partial charge in [-0.25, -0.2) is 0 Å². The van der Waals surface area contributed by atoms with E-state index < -0.39 is 0 Å². The van der Waals surface area contributed by atoms with E-state index in [1.165, 1.54) is 32.4 Å².